The highest BCUT2D eigenvalue weighted by Crippen LogP contribution is 2.24. The summed E-state index contributed by atoms with van der Waals surface area (Å²) in [6.45, 7) is 10.0. The van der Waals surface area contributed by atoms with Crippen LogP contribution in [0.4, 0.5) is 11.4 Å². The molecule has 0 aliphatic carbocycles. The van der Waals surface area contributed by atoms with E-state index in [4.69, 9.17) is 5.73 Å². The second kappa shape index (κ2) is 5.60. The largest absolute Gasteiger partial charge is 0.399 e. The Morgan fingerprint density at radius 2 is 1.52 bits per heavy atom. The van der Waals surface area contributed by atoms with Gasteiger partial charge >= 0.3 is 0 Å². The van der Waals surface area contributed by atoms with Crippen LogP contribution in [0.25, 0.3) is 0 Å². The number of carbonyl (C=O) groups excluding carboxylic acids is 1. The van der Waals surface area contributed by atoms with Crippen LogP contribution in [0.15, 0.2) is 24.3 Å². The summed E-state index contributed by atoms with van der Waals surface area (Å²) >= 11 is 0. The fourth-order valence-electron chi connectivity index (χ4n) is 2.37. The van der Waals surface area contributed by atoms with E-state index in [1.807, 2.05) is 32.9 Å². The fourth-order valence-corrected chi connectivity index (χ4v) is 2.37. The van der Waals surface area contributed by atoms with Crippen LogP contribution in [-0.4, -0.2) is 5.91 Å². The van der Waals surface area contributed by atoms with Crippen LogP contribution in [0.2, 0.25) is 0 Å². The molecule has 0 bridgehead atoms. The van der Waals surface area contributed by atoms with E-state index in [2.05, 4.69) is 19.2 Å². The van der Waals surface area contributed by atoms with Gasteiger partial charge in [0.25, 0.3) is 5.91 Å². The molecule has 0 saturated heterocycles. The van der Waals surface area contributed by atoms with E-state index in [0.29, 0.717) is 11.3 Å². The van der Waals surface area contributed by atoms with Crippen molar-refractivity contribution in [2.24, 2.45) is 0 Å². The van der Waals surface area contributed by atoms with Crippen molar-refractivity contribution in [3.05, 3.63) is 57.6 Å². The molecule has 2 aromatic rings. The predicted octanol–water partition coefficient (Wildman–Crippen LogP) is 4.06. The van der Waals surface area contributed by atoms with Crippen LogP contribution in [0, 0.1) is 34.6 Å². The number of nitrogen functional groups attached to an aromatic ring is 1. The molecular weight excluding hydrogens is 260 g/mol. The molecule has 21 heavy (non-hydrogen) atoms. The molecule has 2 rings (SSSR count). The van der Waals surface area contributed by atoms with Gasteiger partial charge in [-0.25, -0.2) is 0 Å². The van der Waals surface area contributed by atoms with Gasteiger partial charge in [-0.05, 0) is 80.6 Å². The van der Waals surface area contributed by atoms with Crippen molar-refractivity contribution in [2.45, 2.75) is 34.6 Å². The first-order valence-electron chi connectivity index (χ1n) is 7.06. The summed E-state index contributed by atoms with van der Waals surface area (Å²) in [6.07, 6.45) is 0. The molecule has 0 atom stereocenters. The Balaban J connectivity index is 2.35. The van der Waals surface area contributed by atoms with Gasteiger partial charge < -0.3 is 11.1 Å². The molecule has 0 radical (unpaired) electrons. The Morgan fingerprint density at radius 1 is 0.857 bits per heavy atom. The molecule has 0 heterocycles. The molecule has 110 valence electrons. The first-order chi connectivity index (χ1) is 9.82. The summed E-state index contributed by atoms with van der Waals surface area (Å²) in [5, 5.41) is 3.00. The molecule has 0 fully saturated rings. The van der Waals surface area contributed by atoms with Crippen molar-refractivity contribution >= 4 is 17.3 Å². The minimum Gasteiger partial charge on any atom is -0.399 e. The molecule has 0 aliphatic heterocycles. The normalized spacial score (nSPS) is 10.5. The number of hydrogen-bond donors (Lipinski definition) is 2. The minimum atomic E-state index is -0.0954. The number of carbonyl (C=O) groups is 1. The highest BCUT2D eigenvalue weighted by molar-refractivity contribution is 6.06. The van der Waals surface area contributed by atoms with E-state index in [1.54, 1.807) is 12.1 Å². The van der Waals surface area contributed by atoms with Crippen LogP contribution in [0.3, 0.4) is 0 Å². The molecule has 0 unspecified atom stereocenters. The highest BCUT2D eigenvalue weighted by atomic mass is 16.1. The van der Waals surface area contributed by atoms with Gasteiger partial charge in [-0.1, -0.05) is 6.07 Å². The molecule has 3 N–H and O–H groups in total. The smallest absolute Gasteiger partial charge is 0.255 e. The minimum absolute atomic E-state index is 0.0954. The van der Waals surface area contributed by atoms with Gasteiger partial charge in [0.05, 0.1) is 0 Å². The van der Waals surface area contributed by atoms with Crippen LogP contribution < -0.4 is 11.1 Å². The van der Waals surface area contributed by atoms with Crippen LogP contribution >= 0.6 is 0 Å². The maximum absolute atomic E-state index is 12.5. The summed E-state index contributed by atoms with van der Waals surface area (Å²) in [5.41, 5.74) is 13.5. The van der Waals surface area contributed by atoms with Gasteiger partial charge in [-0.2, -0.15) is 0 Å². The van der Waals surface area contributed by atoms with Gasteiger partial charge in [0.15, 0.2) is 0 Å². The molecule has 0 spiro atoms. The van der Waals surface area contributed by atoms with E-state index >= 15 is 0 Å². The van der Waals surface area contributed by atoms with Crippen molar-refractivity contribution in [3.8, 4) is 0 Å². The first-order valence-corrected chi connectivity index (χ1v) is 7.06. The van der Waals surface area contributed by atoms with Crippen molar-refractivity contribution in [3.63, 3.8) is 0 Å². The lowest BCUT2D eigenvalue weighted by Crippen LogP contribution is -2.15. The molecular formula is C18H22N2O. The van der Waals surface area contributed by atoms with Crippen molar-refractivity contribution in [2.75, 3.05) is 11.1 Å². The number of anilines is 2. The lowest BCUT2D eigenvalue weighted by Gasteiger charge is -2.14. The average molecular weight is 282 g/mol. The summed E-state index contributed by atoms with van der Waals surface area (Å²) in [6, 6.07) is 7.54. The first kappa shape index (κ1) is 15.1. The summed E-state index contributed by atoms with van der Waals surface area (Å²) in [7, 11) is 0. The third kappa shape index (κ3) is 2.77. The number of nitrogens with two attached hydrogens (primary N) is 1. The lowest BCUT2D eigenvalue weighted by atomic mass is 10.00. The predicted molar refractivity (Wildman–Crippen MR) is 88.9 cm³/mol. The average Bonchev–Trinajstić information content (AvgIpc) is 2.45. The molecule has 0 aromatic heterocycles. The summed E-state index contributed by atoms with van der Waals surface area (Å²) < 4.78 is 0. The molecule has 1 amide bonds. The zero-order chi connectivity index (χ0) is 15.7. The maximum Gasteiger partial charge on any atom is 0.255 e. The number of nitrogens with one attached hydrogen (secondary N) is 1. The molecule has 0 aliphatic rings. The lowest BCUT2D eigenvalue weighted by molar-refractivity contribution is 0.102. The van der Waals surface area contributed by atoms with Crippen LogP contribution in [0.5, 0.6) is 0 Å². The van der Waals surface area contributed by atoms with Gasteiger partial charge in [0.1, 0.15) is 0 Å². The standard InChI is InChI=1S/C18H22N2O/c1-10-6-9-17(14(5)11(10)2)20-18(21)15-7-8-16(19)13(4)12(15)3/h6-9H,19H2,1-5H3,(H,20,21). The Hall–Kier alpha value is -2.29. The number of benzene rings is 2. The van der Waals surface area contributed by atoms with Crippen molar-refractivity contribution < 1.29 is 4.79 Å². The van der Waals surface area contributed by atoms with E-state index < -0.39 is 0 Å². The van der Waals surface area contributed by atoms with E-state index in [0.717, 1.165) is 22.4 Å². The Kier molecular flexibility index (Phi) is 4.03. The number of rotatable bonds is 2. The highest BCUT2D eigenvalue weighted by Gasteiger charge is 2.13. The zero-order valence-corrected chi connectivity index (χ0v) is 13.3. The second-order valence-corrected chi connectivity index (χ2v) is 5.59. The summed E-state index contributed by atoms with van der Waals surface area (Å²) in [4.78, 5) is 12.5. The van der Waals surface area contributed by atoms with Crippen LogP contribution in [0.1, 0.15) is 38.2 Å². The van der Waals surface area contributed by atoms with Gasteiger partial charge in [-0.15, -0.1) is 0 Å². The van der Waals surface area contributed by atoms with Crippen molar-refractivity contribution in [1.29, 1.82) is 0 Å². The number of hydrogen-bond acceptors (Lipinski definition) is 2. The van der Waals surface area contributed by atoms with E-state index in [-0.39, 0.29) is 5.91 Å². The maximum atomic E-state index is 12.5. The SMILES string of the molecule is Cc1ccc(NC(=O)c2ccc(N)c(C)c2C)c(C)c1C. The Morgan fingerprint density at radius 3 is 2.19 bits per heavy atom. The molecule has 3 nitrogen and oxygen atoms in total. The third-order valence-corrected chi connectivity index (χ3v) is 4.38. The third-order valence-electron chi connectivity index (χ3n) is 4.38. The van der Waals surface area contributed by atoms with Gasteiger partial charge in [0.2, 0.25) is 0 Å². The second-order valence-electron chi connectivity index (χ2n) is 5.59. The molecule has 0 saturated carbocycles. The van der Waals surface area contributed by atoms with E-state index in [1.165, 1.54) is 11.1 Å². The topological polar surface area (TPSA) is 55.1 Å². The van der Waals surface area contributed by atoms with Crippen molar-refractivity contribution in [1.82, 2.24) is 0 Å². The number of amides is 1. The number of aryl methyl sites for hydroxylation is 1. The Labute approximate surface area is 126 Å². The van der Waals surface area contributed by atoms with Crippen LogP contribution in [-0.2, 0) is 0 Å². The quantitative estimate of drug-likeness (QED) is 0.816. The van der Waals surface area contributed by atoms with Gasteiger partial charge in [0, 0.05) is 16.9 Å². The summed E-state index contributed by atoms with van der Waals surface area (Å²) in [5.74, 6) is -0.0954. The monoisotopic (exact) mass is 282 g/mol. The zero-order valence-electron chi connectivity index (χ0n) is 13.3. The molecule has 3 heteroatoms. The Bertz CT molecular complexity index is 718. The fraction of sp³-hybridized carbons (Fsp3) is 0.278. The van der Waals surface area contributed by atoms with Gasteiger partial charge in [-0.3, -0.25) is 4.79 Å². The van der Waals surface area contributed by atoms with E-state index in [9.17, 15) is 4.79 Å². The molecule has 2 aromatic carbocycles.